The molecule has 0 aliphatic carbocycles. The number of benzene rings is 1. The van der Waals surface area contributed by atoms with Crippen LogP contribution in [0.1, 0.15) is 11.4 Å². The van der Waals surface area contributed by atoms with Gasteiger partial charge in [-0.15, -0.1) is 0 Å². The van der Waals surface area contributed by atoms with Crippen LogP contribution in [0.2, 0.25) is 0 Å². The Hall–Kier alpha value is -1.81. The summed E-state index contributed by atoms with van der Waals surface area (Å²) in [5, 5.41) is 0. The van der Waals surface area contributed by atoms with E-state index in [-0.39, 0.29) is 0 Å². The van der Waals surface area contributed by atoms with Crippen molar-refractivity contribution in [2.45, 2.75) is 13.5 Å². The van der Waals surface area contributed by atoms with Crippen molar-refractivity contribution in [2.24, 2.45) is 12.8 Å². The molecule has 1 aromatic carbocycles. The summed E-state index contributed by atoms with van der Waals surface area (Å²) in [6, 6.07) is 7.87. The van der Waals surface area contributed by atoms with E-state index in [9.17, 15) is 0 Å². The predicted molar refractivity (Wildman–Crippen MR) is 67.8 cm³/mol. The van der Waals surface area contributed by atoms with Crippen molar-refractivity contribution in [3.63, 3.8) is 0 Å². The van der Waals surface area contributed by atoms with E-state index in [2.05, 4.69) is 9.55 Å². The van der Waals surface area contributed by atoms with Gasteiger partial charge >= 0.3 is 0 Å². The van der Waals surface area contributed by atoms with Crippen molar-refractivity contribution in [3.8, 4) is 17.1 Å². The SMILES string of the molecule is COc1cccc(-c2nc(CN)c(C)n2C)c1. The van der Waals surface area contributed by atoms with Gasteiger partial charge in [-0.2, -0.15) is 0 Å². The van der Waals surface area contributed by atoms with Crippen LogP contribution in [-0.4, -0.2) is 16.7 Å². The molecular weight excluding hydrogens is 214 g/mol. The van der Waals surface area contributed by atoms with Crippen LogP contribution in [0.3, 0.4) is 0 Å². The first-order valence-corrected chi connectivity index (χ1v) is 5.54. The minimum atomic E-state index is 0.462. The van der Waals surface area contributed by atoms with E-state index in [1.807, 2.05) is 38.2 Å². The van der Waals surface area contributed by atoms with E-state index in [4.69, 9.17) is 10.5 Å². The number of hydrogen-bond acceptors (Lipinski definition) is 3. The number of aromatic nitrogens is 2. The average Bonchev–Trinajstić information content (AvgIpc) is 2.66. The Morgan fingerprint density at radius 2 is 2.18 bits per heavy atom. The Labute approximate surface area is 101 Å². The molecule has 0 atom stereocenters. The third-order valence-electron chi connectivity index (χ3n) is 3.00. The molecular formula is C13H17N3O. The predicted octanol–water partition coefficient (Wildman–Crippen LogP) is 1.86. The molecule has 4 nitrogen and oxygen atoms in total. The zero-order valence-electron chi connectivity index (χ0n) is 10.4. The fourth-order valence-corrected chi connectivity index (χ4v) is 1.85. The summed E-state index contributed by atoms with van der Waals surface area (Å²) in [4.78, 5) is 4.56. The van der Waals surface area contributed by atoms with E-state index < -0.39 is 0 Å². The number of hydrogen-bond donors (Lipinski definition) is 1. The van der Waals surface area contributed by atoms with Crippen molar-refractivity contribution in [1.82, 2.24) is 9.55 Å². The van der Waals surface area contributed by atoms with Gasteiger partial charge in [-0.05, 0) is 19.1 Å². The number of methoxy groups -OCH3 is 1. The summed E-state index contributed by atoms with van der Waals surface area (Å²) in [7, 11) is 3.66. The average molecular weight is 231 g/mol. The van der Waals surface area contributed by atoms with Crippen LogP contribution < -0.4 is 10.5 Å². The Morgan fingerprint density at radius 1 is 1.41 bits per heavy atom. The van der Waals surface area contributed by atoms with Gasteiger partial charge in [-0.3, -0.25) is 0 Å². The number of ether oxygens (including phenoxy) is 1. The lowest BCUT2D eigenvalue weighted by Crippen LogP contribution is -1.99. The van der Waals surface area contributed by atoms with Gasteiger partial charge in [0, 0.05) is 24.8 Å². The Balaban J connectivity index is 2.52. The van der Waals surface area contributed by atoms with Gasteiger partial charge in [-0.1, -0.05) is 12.1 Å². The Bertz CT molecular complexity index is 531. The van der Waals surface area contributed by atoms with Gasteiger partial charge < -0.3 is 15.0 Å². The summed E-state index contributed by atoms with van der Waals surface area (Å²) < 4.78 is 7.27. The largest absolute Gasteiger partial charge is 0.497 e. The maximum Gasteiger partial charge on any atom is 0.140 e. The monoisotopic (exact) mass is 231 g/mol. The fourth-order valence-electron chi connectivity index (χ4n) is 1.85. The lowest BCUT2D eigenvalue weighted by molar-refractivity contribution is 0.415. The summed E-state index contributed by atoms with van der Waals surface area (Å²) in [6.45, 7) is 2.49. The van der Waals surface area contributed by atoms with E-state index in [0.717, 1.165) is 28.5 Å². The summed E-state index contributed by atoms with van der Waals surface area (Å²) in [5.74, 6) is 1.75. The molecule has 0 spiro atoms. The lowest BCUT2D eigenvalue weighted by Gasteiger charge is -2.05. The highest BCUT2D eigenvalue weighted by Crippen LogP contribution is 2.24. The summed E-state index contributed by atoms with van der Waals surface area (Å²) in [6.07, 6.45) is 0. The van der Waals surface area contributed by atoms with E-state index in [1.165, 1.54) is 0 Å². The first kappa shape index (κ1) is 11.7. The van der Waals surface area contributed by atoms with Crippen molar-refractivity contribution in [2.75, 3.05) is 7.11 Å². The highest BCUT2D eigenvalue weighted by Gasteiger charge is 2.11. The third-order valence-corrected chi connectivity index (χ3v) is 3.00. The van der Waals surface area contributed by atoms with Crippen LogP contribution in [-0.2, 0) is 13.6 Å². The minimum Gasteiger partial charge on any atom is -0.497 e. The van der Waals surface area contributed by atoms with E-state index >= 15 is 0 Å². The topological polar surface area (TPSA) is 53.1 Å². The molecule has 0 saturated heterocycles. The van der Waals surface area contributed by atoms with Crippen molar-refractivity contribution in [3.05, 3.63) is 35.7 Å². The zero-order chi connectivity index (χ0) is 12.4. The van der Waals surface area contributed by atoms with Gasteiger partial charge in [-0.25, -0.2) is 4.98 Å². The molecule has 17 heavy (non-hydrogen) atoms. The molecule has 0 unspecified atom stereocenters. The first-order chi connectivity index (χ1) is 8.17. The van der Waals surface area contributed by atoms with Gasteiger partial charge in [0.05, 0.1) is 12.8 Å². The summed E-state index contributed by atoms with van der Waals surface area (Å²) >= 11 is 0. The molecule has 1 aromatic heterocycles. The number of rotatable bonds is 3. The number of nitrogens with zero attached hydrogens (tertiary/aromatic N) is 2. The second kappa shape index (κ2) is 4.59. The molecule has 90 valence electrons. The second-order valence-corrected chi connectivity index (χ2v) is 3.96. The first-order valence-electron chi connectivity index (χ1n) is 5.54. The standard InChI is InChI=1S/C13H17N3O/c1-9-12(8-14)15-13(16(9)2)10-5-4-6-11(7-10)17-3/h4-7H,8,14H2,1-3H3. The van der Waals surface area contributed by atoms with E-state index in [0.29, 0.717) is 6.54 Å². The number of nitrogens with two attached hydrogens (primary N) is 1. The van der Waals surface area contributed by atoms with Crippen LogP contribution in [0.25, 0.3) is 11.4 Å². The van der Waals surface area contributed by atoms with Gasteiger partial charge in [0.1, 0.15) is 11.6 Å². The van der Waals surface area contributed by atoms with Crippen LogP contribution in [0, 0.1) is 6.92 Å². The van der Waals surface area contributed by atoms with Crippen LogP contribution in [0.4, 0.5) is 0 Å². The van der Waals surface area contributed by atoms with Crippen LogP contribution in [0.15, 0.2) is 24.3 Å². The molecule has 0 amide bonds. The van der Waals surface area contributed by atoms with Crippen molar-refractivity contribution >= 4 is 0 Å². The minimum absolute atomic E-state index is 0.462. The highest BCUT2D eigenvalue weighted by molar-refractivity contribution is 5.59. The lowest BCUT2D eigenvalue weighted by atomic mass is 10.2. The quantitative estimate of drug-likeness (QED) is 0.877. The van der Waals surface area contributed by atoms with Crippen LogP contribution >= 0.6 is 0 Å². The molecule has 0 saturated carbocycles. The molecule has 0 aliphatic heterocycles. The molecule has 2 aromatic rings. The summed E-state index contributed by atoms with van der Waals surface area (Å²) in [5.41, 5.74) is 8.74. The highest BCUT2D eigenvalue weighted by atomic mass is 16.5. The fraction of sp³-hybridized carbons (Fsp3) is 0.308. The molecule has 0 fully saturated rings. The third kappa shape index (κ3) is 2.03. The number of imidazole rings is 1. The maximum absolute atomic E-state index is 5.67. The van der Waals surface area contributed by atoms with Crippen molar-refractivity contribution in [1.29, 1.82) is 0 Å². The normalized spacial score (nSPS) is 10.6. The molecule has 0 aliphatic rings. The zero-order valence-corrected chi connectivity index (χ0v) is 10.4. The van der Waals surface area contributed by atoms with Crippen LogP contribution in [0.5, 0.6) is 5.75 Å². The van der Waals surface area contributed by atoms with E-state index in [1.54, 1.807) is 7.11 Å². The molecule has 0 radical (unpaired) electrons. The Morgan fingerprint density at radius 3 is 2.76 bits per heavy atom. The van der Waals surface area contributed by atoms with Crippen molar-refractivity contribution < 1.29 is 4.74 Å². The van der Waals surface area contributed by atoms with Gasteiger partial charge in [0.25, 0.3) is 0 Å². The molecule has 2 rings (SSSR count). The van der Waals surface area contributed by atoms with Gasteiger partial charge in [0.2, 0.25) is 0 Å². The molecule has 1 heterocycles. The van der Waals surface area contributed by atoms with Gasteiger partial charge in [0.15, 0.2) is 0 Å². The molecule has 0 bridgehead atoms. The smallest absolute Gasteiger partial charge is 0.140 e. The second-order valence-electron chi connectivity index (χ2n) is 3.96. The Kier molecular flexibility index (Phi) is 3.15. The molecule has 2 N–H and O–H groups in total. The molecule has 4 heteroatoms. The maximum atomic E-state index is 5.67.